The van der Waals surface area contributed by atoms with Gasteiger partial charge in [0, 0.05) is 16.4 Å². The molecule has 4 nitrogen and oxygen atoms in total. The number of hydrogen-bond donors (Lipinski definition) is 1. The fraction of sp³-hybridized carbons (Fsp3) is 0.214. The zero-order chi connectivity index (χ0) is 13.8. The first-order valence-electron chi connectivity index (χ1n) is 5.89. The van der Waals surface area contributed by atoms with E-state index < -0.39 is 0 Å². The average Bonchev–Trinajstić information content (AvgIpc) is 2.68. The van der Waals surface area contributed by atoms with E-state index in [1.165, 1.54) is 0 Å². The van der Waals surface area contributed by atoms with E-state index in [1.807, 2.05) is 26.0 Å². The van der Waals surface area contributed by atoms with Crippen LogP contribution in [0.15, 0.2) is 36.4 Å². The van der Waals surface area contributed by atoms with E-state index in [2.05, 4.69) is 5.43 Å². The highest BCUT2D eigenvalue weighted by atomic mass is 35.5. The molecule has 19 heavy (non-hydrogen) atoms. The zero-order valence-electron chi connectivity index (χ0n) is 10.8. The summed E-state index contributed by atoms with van der Waals surface area (Å²) in [5.74, 6) is 0.353. The van der Waals surface area contributed by atoms with Crippen LogP contribution in [0.2, 0.25) is 5.02 Å². The van der Waals surface area contributed by atoms with Gasteiger partial charge >= 0.3 is 0 Å². The first-order chi connectivity index (χ1) is 9.06. The third-order valence-electron chi connectivity index (χ3n) is 2.67. The number of carbonyl (C=O) groups is 1. The van der Waals surface area contributed by atoms with Crippen molar-refractivity contribution in [1.82, 2.24) is 4.68 Å². The van der Waals surface area contributed by atoms with Gasteiger partial charge in [-0.05, 0) is 44.2 Å². The average molecular weight is 279 g/mol. The van der Waals surface area contributed by atoms with Gasteiger partial charge in [-0.3, -0.25) is 14.9 Å². The normalized spacial score (nSPS) is 10.3. The van der Waals surface area contributed by atoms with Gasteiger partial charge in [0.2, 0.25) is 0 Å². The van der Waals surface area contributed by atoms with Crippen molar-refractivity contribution in [2.24, 2.45) is 0 Å². The van der Waals surface area contributed by atoms with E-state index in [9.17, 15) is 4.79 Å². The zero-order valence-corrected chi connectivity index (χ0v) is 11.6. The van der Waals surface area contributed by atoms with Gasteiger partial charge in [0.05, 0.1) is 0 Å². The maximum Gasteiger partial charge on any atom is 0.276 e. The van der Waals surface area contributed by atoms with E-state index in [1.54, 1.807) is 28.9 Å². The van der Waals surface area contributed by atoms with Gasteiger partial charge in [0.1, 0.15) is 5.75 Å². The van der Waals surface area contributed by atoms with Gasteiger partial charge in [-0.25, -0.2) is 0 Å². The molecule has 0 radical (unpaired) electrons. The quantitative estimate of drug-likeness (QED) is 0.934. The Kier molecular flexibility index (Phi) is 4.12. The van der Waals surface area contributed by atoms with Crippen LogP contribution in [0, 0.1) is 13.8 Å². The molecule has 2 aromatic rings. The first kappa shape index (κ1) is 13.5. The summed E-state index contributed by atoms with van der Waals surface area (Å²) in [6, 6.07) is 10.8. The number of hydrogen-bond acceptors (Lipinski definition) is 2. The van der Waals surface area contributed by atoms with Crippen LogP contribution >= 0.6 is 11.6 Å². The Labute approximate surface area is 116 Å². The second kappa shape index (κ2) is 5.80. The van der Waals surface area contributed by atoms with Crippen molar-refractivity contribution in [3.05, 3.63) is 52.8 Å². The fourth-order valence-corrected chi connectivity index (χ4v) is 1.89. The van der Waals surface area contributed by atoms with Crippen molar-refractivity contribution in [1.29, 1.82) is 0 Å². The molecule has 0 saturated heterocycles. The Balaban J connectivity index is 1.92. The summed E-state index contributed by atoms with van der Waals surface area (Å²) in [6.45, 7) is 3.79. The Hall–Kier alpha value is -1.94. The summed E-state index contributed by atoms with van der Waals surface area (Å²) in [5, 5.41) is 0.579. The summed E-state index contributed by atoms with van der Waals surface area (Å²) >= 11 is 5.83. The van der Waals surface area contributed by atoms with Crippen LogP contribution in [0.5, 0.6) is 5.75 Å². The van der Waals surface area contributed by atoms with Gasteiger partial charge in [0.15, 0.2) is 6.61 Å². The smallest absolute Gasteiger partial charge is 0.276 e. The topological polar surface area (TPSA) is 43.3 Å². The van der Waals surface area contributed by atoms with Gasteiger partial charge in [0.25, 0.3) is 5.91 Å². The number of aryl methyl sites for hydroxylation is 2. The molecule has 0 aliphatic rings. The number of benzene rings is 1. The molecule has 0 unspecified atom stereocenters. The minimum Gasteiger partial charge on any atom is -0.484 e. The predicted molar refractivity (Wildman–Crippen MR) is 75.2 cm³/mol. The highest BCUT2D eigenvalue weighted by Crippen LogP contribution is 2.16. The molecule has 0 aliphatic carbocycles. The van der Waals surface area contributed by atoms with Gasteiger partial charge in [-0.1, -0.05) is 17.7 Å². The molecule has 0 bridgehead atoms. The lowest BCUT2D eigenvalue weighted by Crippen LogP contribution is -2.29. The molecule has 100 valence electrons. The standard InChI is InChI=1S/C14H15ClN2O2/c1-10-6-7-11(2)17(10)16-14(18)9-19-13-5-3-4-12(15)8-13/h3-8H,9H2,1-2H3,(H,16,18). The predicted octanol–water partition coefficient (Wildman–Crippen LogP) is 2.91. The number of carbonyl (C=O) groups excluding carboxylic acids is 1. The third-order valence-corrected chi connectivity index (χ3v) is 2.91. The molecular formula is C14H15ClN2O2. The van der Waals surface area contributed by atoms with E-state index in [4.69, 9.17) is 16.3 Å². The SMILES string of the molecule is Cc1ccc(C)n1NC(=O)COc1cccc(Cl)c1. The highest BCUT2D eigenvalue weighted by molar-refractivity contribution is 6.30. The Morgan fingerprint density at radius 2 is 1.95 bits per heavy atom. The van der Waals surface area contributed by atoms with Crippen LogP contribution in [-0.2, 0) is 4.79 Å². The second-order valence-electron chi connectivity index (χ2n) is 4.23. The number of aromatic nitrogens is 1. The maximum atomic E-state index is 11.8. The molecule has 0 aliphatic heterocycles. The van der Waals surface area contributed by atoms with Crippen molar-refractivity contribution in [2.45, 2.75) is 13.8 Å². The van der Waals surface area contributed by atoms with E-state index in [0.717, 1.165) is 11.4 Å². The largest absolute Gasteiger partial charge is 0.484 e. The van der Waals surface area contributed by atoms with E-state index >= 15 is 0 Å². The van der Waals surface area contributed by atoms with Crippen LogP contribution in [0.3, 0.4) is 0 Å². The molecule has 0 spiro atoms. The molecule has 2 rings (SSSR count). The van der Waals surface area contributed by atoms with Crippen molar-refractivity contribution >= 4 is 17.5 Å². The van der Waals surface area contributed by atoms with Crippen molar-refractivity contribution in [2.75, 3.05) is 12.0 Å². The Morgan fingerprint density at radius 3 is 2.58 bits per heavy atom. The number of nitrogens with zero attached hydrogens (tertiary/aromatic N) is 1. The molecule has 1 N–H and O–H groups in total. The summed E-state index contributed by atoms with van der Waals surface area (Å²) in [7, 11) is 0. The summed E-state index contributed by atoms with van der Waals surface area (Å²) in [5.41, 5.74) is 4.70. The summed E-state index contributed by atoms with van der Waals surface area (Å²) in [6.07, 6.45) is 0. The lowest BCUT2D eigenvalue weighted by Gasteiger charge is -2.12. The third kappa shape index (κ3) is 3.51. The van der Waals surface area contributed by atoms with Gasteiger partial charge in [-0.2, -0.15) is 0 Å². The van der Waals surface area contributed by atoms with Crippen molar-refractivity contribution in [3.63, 3.8) is 0 Å². The lowest BCUT2D eigenvalue weighted by atomic mass is 10.3. The first-order valence-corrected chi connectivity index (χ1v) is 6.27. The van der Waals surface area contributed by atoms with Crippen LogP contribution in [0.4, 0.5) is 0 Å². The molecule has 1 heterocycles. The Morgan fingerprint density at radius 1 is 1.26 bits per heavy atom. The number of ether oxygens (including phenoxy) is 1. The fourth-order valence-electron chi connectivity index (χ4n) is 1.71. The summed E-state index contributed by atoms with van der Waals surface area (Å²) < 4.78 is 7.09. The van der Waals surface area contributed by atoms with Gasteiger partial charge in [-0.15, -0.1) is 0 Å². The van der Waals surface area contributed by atoms with Crippen LogP contribution in [0.1, 0.15) is 11.4 Å². The maximum absolute atomic E-state index is 11.8. The van der Waals surface area contributed by atoms with Gasteiger partial charge < -0.3 is 4.74 Å². The van der Waals surface area contributed by atoms with Crippen LogP contribution in [0.25, 0.3) is 0 Å². The second-order valence-corrected chi connectivity index (χ2v) is 4.67. The summed E-state index contributed by atoms with van der Waals surface area (Å²) in [4.78, 5) is 11.8. The molecule has 1 aromatic heterocycles. The van der Waals surface area contributed by atoms with Crippen LogP contribution in [-0.4, -0.2) is 17.2 Å². The molecule has 0 atom stereocenters. The minimum absolute atomic E-state index is 0.0581. The number of nitrogens with one attached hydrogen (secondary N) is 1. The molecule has 0 fully saturated rings. The van der Waals surface area contributed by atoms with Crippen molar-refractivity contribution in [3.8, 4) is 5.75 Å². The highest BCUT2D eigenvalue weighted by Gasteiger charge is 2.07. The molecule has 1 aromatic carbocycles. The molecule has 5 heteroatoms. The molecular weight excluding hydrogens is 264 g/mol. The Bertz CT molecular complexity index is 573. The molecule has 1 amide bonds. The lowest BCUT2D eigenvalue weighted by molar-refractivity contribution is -0.119. The number of amides is 1. The molecule has 0 saturated carbocycles. The van der Waals surface area contributed by atoms with Crippen LogP contribution < -0.4 is 10.2 Å². The van der Waals surface area contributed by atoms with Crippen molar-refractivity contribution < 1.29 is 9.53 Å². The monoisotopic (exact) mass is 278 g/mol. The minimum atomic E-state index is -0.220. The van der Waals surface area contributed by atoms with E-state index in [-0.39, 0.29) is 12.5 Å². The number of rotatable bonds is 4. The van der Waals surface area contributed by atoms with E-state index in [0.29, 0.717) is 10.8 Å². The number of halogens is 1.